The van der Waals surface area contributed by atoms with Gasteiger partial charge in [-0.15, -0.1) is 0 Å². The summed E-state index contributed by atoms with van der Waals surface area (Å²) in [6, 6.07) is 14.7. The second-order valence-corrected chi connectivity index (χ2v) is 9.81. The highest BCUT2D eigenvalue weighted by Gasteiger charge is 2.32. The first-order valence-corrected chi connectivity index (χ1v) is 11.3. The monoisotopic (exact) mass is 461 g/mol. The van der Waals surface area contributed by atoms with Crippen LogP contribution < -0.4 is 0 Å². The van der Waals surface area contributed by atoms with Crippen LogP contribution in [0.25, 0.3) is 11.4 Å². The SMILES string of the molecule is Cc1ccc(S(=O)(=O)N2CCC(c3nc(-c4cccc(Br)c4)no3)CC2)cc1. The summed E-state index contributed by atoms with van der Waals surface area (Å²) in [5, 5.41) is 4.09. The highest BCUT2D eigenvalue weighted by molar-refractivity contribution is 9.10. The van der Waals surface area contributed by atoms with Gasteiger partial charge in [0.15, 0.2) is 0 Å². The van der Waals surface area contributed by atoms with Crippen LogP contribution in [0, 0.1) is 6.92 Å². The largest absolute Gasteiger partial charge is 0.339 e. The Morgan fingerprint density at radius 3 is 2.50 bits per heavy atom. The molecule has 0 aliphatic carbocycles. The molecule has 0 unspecified atom stereocenters. The predicted molar refractivity (Wildman–Crippen MR) is 109 cm³/mol. The van der Waals surface area contributed by atoms with Crippen molar-refractivity contribution < 1.29 is 12.9 Å². The Bertz CT molecular complexity index is 1070. The lowest BCUT2D eigenvalue weighted by atomic mass is 9.98. The van der Waals surface area contributed by atoms with E-state index < -0.39 is 10.0 Å². The summed E-state index contributed by atoms with van der Waals surface area (Å²) in [7, 11) is -3.47. The second-order valence-electron chi connectivity index (χ2n) is 6.96. The molecule has 0 N–H and O–H groups in total. The number of sulfonamides is 1. The van der Waals surface area contributed by atoms with E-state index in [2.05, 4.69) is 26.1 Å². The Hall–Kier alpha value is -2.03. The molecule has 1 saturated heterocycles. The molecule has 1 aromatic heterocycles. The molecule has 28 heavy (non-hydrogen) atoms. The van der Waals surface area contributed by atoms with E-state index in [1.54, 1.807) is 16.4 Å². The molecule has 146 valence electrons. The summed E-state index contributed by atoms with van der Waals surface area (Å²) in [4.78, 5) is 4.87. The molecule has 3 aromatic rings. The second kappa shape index (κ2) is 7.77. The molecule has 1 aliphatic heterocycles. The van der Waals surface area contributed by atoms with Crippen molar-refractivity contribution in [3.63, 3.8) is 0 Å². The molecule has 2 aromatic carbocycles. The number of benzene rings is 2. The lowest BCUT2D eigenvalue weighted by Gasteiger charge is -2.29. The number of piperidine rings is 1. The molecule has 0 radical (unpaired) electrons. The van der Waals surface area contributed by atoms with Gasteiger partial charge in [0.1, 0.15) is 0 Å². The Balaban J connectivity index is 1.45. The molecule has 6 nitrogen and oxygen atoms in total. The van der Waals surface area contributed by atoms with Crippen molar-refractivity contribution in [2.75, 3.05) is 13.1 Å². The fourth-order valence-corrected chi connectivity index (χ4v) is 5.22. The van der Waals surface area contributed by atoms with Crippen LogP contribution in [0.1, 0.15) is 30.2 Å². The van der Waals surface area contributed by atoms with Crippen molar-refractivity contribution >= 4 is 26.0 Å². The van der Waals surface area contributed by atoms with Gasteiger partial charge in [-0.25, -0.2) is 8.42 Å². The molecule has 2 heterocycles. The third kappa shape index (κ3) is 3.90. The topological polar surface area (TPSA) is 76.3 Å². The van der Waals surface area contributed by atoms with Gasteiger partial charge in [-0.1, -0.05) is 50.9 Å². The third-order valence-electron chi connectivity index (χ3n) is 4.99. The molecular formula is C20H20BrN3O3S. The maximum absolute atomic E-state index is 12.8. The zero-order chi connectivity index (χ0) is 19.7. The van der Waals surface area contributed by atoms with Crippen molar-refractivity contribution in [3.8, 4) is 11.4 Å². The van der Waals surface area contributed by atoms with Gasteiger partial charge >= 0.3 is 0 Å². The number of hydrogen-bond donors (Lipinski definition) is 0. The maximum atomic E-state index is 12.8. The number of aromatic nitrogens is 2. The molecule has 1 aliphatic rings. The van der Waals surface area contributed by atoms with Gasteiger partial charge in [-0.3, -0.25) is 0 Å². The maximum Gasteiger partial charge on any atom is 0.243 e. The molecule has 0 saturated carbocycles. The number of halogens is 1. The minimum Gasteiger partial charge on any atom is -0.339 e. The van der Waals surface area contributed by atoms with Crippen LogP contribution in [0.4, 0.5) is 0 Å². The Kier molecular flexibility index (Phi) is 5.35. The van der Waals surface area contributed by atoms with Gasteiger partial charge in [-0.05, 0) is 44.0 Å². The summed E-state index contributed by atoms with van der Waals surface area (Å²) in [5.41, 5.74) is 1.92. The molecule has 4 rings (SSSR count). The fraction of sp³-hybridized carbons (Fsp3) is 0.300. The van der Waals surface area contributed by atoms with Gasteiger partial charge < -0.3 is 4.52 Å². The Labute approximate surface area is 172 Å². The van der Waals surface area contributed by atoms with E-state index in [1.807, 2.05) is 43.3 Å². The minimum absolute atomic E-state index is 0.0675. The Morgan fingerprint density at radius 1 is 1.11 bits per heavy atom. The predicted octanol–water partition coefficient (Wildman–Crippen LogP) is 4.38. The van der Waals surface area contributed by atoms with Crippen LogP contribution >= 0.6 is 15.9 Å². The van der Waals surface area contributed by atoms with E-state index in [-0.39, 0.29) is 5.92 Å². The van der Waals surface area contributed by atoms with Crippen molar-refractivity contribution in [3.05, 3.63) is 64.5 Å². The summed E-state index contributed by atoms with van der Waals surface area (Å²) in [6.45, 7) is 2.82. The van der Waals surface area contributed by atoms with Crippen molar-refractivity contribution in [1.82, 2.24) is 14.4 Å². The van der Waals surface area contributed by atoms with Gasteiger partial charge in [0.25, 0.3) is 0 Å². The van der Waals surface area contributed by atoms with E-state index in [1.165, 1.54) is 0 Å². The van der Waals surface area contributed by atoms with E-state index in [0.717, 1.165) is 15.6 Å². The van der Waals surface area contributed by atoms with E-state index in [0.29, 0.717) is 42.5 Å². The molecular weight excluding hydrogens is 442 g/mol. The highest BCUT2D eigenvalue weighted by atomic mass is 79.9. The van der Waals surface area contributed by atoms with Crippen molar-refractivity contribution in [1.29, 1.82) is 0 Å². The summed E-state index contributed by atoms with van der Waals surface area (Å²) < 4.78 is 33.6. The van der Waals surface area contributed by atoms with Crippen molar-refractivity contribution in [2.45, 2.75) is 30.6 Å². The number of hydrogen-bond acceptors (Lipinski definition) is 5. The molecule has 0 amide bonds. The van der Waals surface area contributed by atoms with E-state index in [4.69, 9.17) is 4.52 Å². The number of aryl methyl sites for hydroxylation is 1. The molecule has 1 fully saturated rings. The fourth-order valence-electron chi connectivity index (χ4n) is 3.35. The first-order chi connectivity index (χ1) is 13.4. The zero-order valence-electron chi connectivity index (χ0n) is 15.4. The molecule has 8 heteroatoms. The number of rotatable bonds is 4. The minimum atomic E-state index is -3.47. The van der Waals surface area contributed by atoms with Crippen molar-refractivity contribution in [2.24, 2.45) is 0 Å². The van der Waals surface area contributed by atoms with Crippen LogP contribution in [-0.2, 0) is 10.0 Å². The van der Waals surface area contributed by atoms with Crippen LogP contribution in [0.3, 0.4) is 0 Å². The summed E-state index contributed by atoms with van der Waals surface area (Å²) in [6.07, 6.45) is 1.32. The lowest BCUT2D eigenvalue weighted by Crippen LogP contribution is -2.37. The average Bonchev–Trinajstić information content (AvgIpc) is 3.19. The molecule has 0 bridgehead atoms. The first kappa shape index (κ1) is 19.3. The number of nitrogens with zero attached hydrogens (tertiary/aromatic N) is 3. The third-order valence-corrected chi connectivity index (χ3v) is 7.39. The van der Waals surface area contributed by atoms with Gasteiger partial charge in [0, 0.05) is 29.0 Å². The molecule has 0 atom stereocenters. The van der Waals surface area contributed by atoms with Crippen LogP contribution in [0.5, 0.6) is 0 Å². The molecule has 0 spiro atoms. The standard InChI is InChI=1S/C20H20BrN3O3S/c1-14-5-7-18(8-6-14)28(25,26)24-11-9-15(10-12-24)20-22-19(23-27-20)16-3-2-4-17(21)13-16/h2-8,13,15H,9-12H2,1H3. The smallest absolute Gasteiger partial charge is 0.243 e. The average molecular weight is 462 g/mol. The zero-order valence-corrected chi connectivity index (χ0v) is 17.8. The Morgan fingerprint density at radius 2 is 1.82 bits per heavy atom. The van der Waals surface area contributed by atoms with Crippen LogP contribution in [-0.4, -0.2) is 36.0 Å². The quantitative estimate of drug-likeness (QED) is 0.576. The summed E-state index contributed by atoms with van der Waals surface area (Å²) in [5.74, 6) is 1.19. The van der Waals surface area contributed by atoms with Crippen LogP contribution in [0.15, 0.2) is 62.4 Å². The highest BCUT2D eigenvalue weighted by Crippen LogP contribution is 2.31. The van der Waals surface area contributed by atoms with Gasteiger partial charge in [0.05, 0.1) is 4.90 Å². The lowest BCUT2D eigenvalue weighted by molar-refractivity contribution is 0.271. The normalized spacial score (nSPS) is 16.4. The summed E-state index contributed by atoms with van der Waals surface area (Å²) >= 11 is 3.44. The first-order valence-electron chi connectivity index (χ1n) is 9.10. The van der Waals surface area contributed by atoms with Gasteiger partial charge in [0.2, 0.25) is 21.7 Å². The van der Waals surface area contributed by atoms with E-state index >= 15 is 0 Å². The van der Waals surface area contributed by atoms with E-state index in [9.17, 15) is 8.42 Å². The van der Waals surface area contributed by atoms with Crippen LogP contribution in [0.2, 0.25) is 0 Å². The van der Waals surface area contributed by atoms with Gasteiger partial charge in [-0.2, -0.15) is 9.29 Å².